The fraction of sp³-hybridized carbons (Fsp3) is 0.941. The molecular weight excluding hydrogens is 252 g/mol. The Kier molecular flexibility index (Phi) is 12.8. The molecule has 0 spiro atoms. The summed E-state index contributed by atoms with van der Waals surface area (Å²) in [5.74, 6) is 0.497. The molecule has 3 heteroatoms. The zero-order valence-electron chi connectivity index (χ0n) is 14.0. The first-order valence-electron chi connectivity index (χ1n) is 8.43. The molecule has 0 aromatic heterocycles. The first-order valence-corrected chi connectivity index (χ1v) is 8.43. The van der Waals surface area contributed by atoms with E-state index >= 15 is 0 Å². The number of carbonyl (C=O) groups excluding carboxylic acids is 1. The van der Waals surface area contributed by atoms with Crippen LogP contribution in [-0.2, 0) is 9.47 Å². The van der Waals surface area contributed by atoms with E-state index < -0.39 is 6.16 Å². The van der Waals surface area contributed by atoms with E-state index in [1.54, 1.807) is 0 Å². The molecular formula is C17H34O3. The highest BCUT2D eigenvalue weighted by molar-refractivity contribution is 5.59. The predicted octanol–water partition coefficient (Wildman–Crippen LogP) is 5.71. The van der Waals surface area contributed by atoms with Crippen LogP contribution in [0.25, 0.3) is 0 Å². The van der Waals surface area contributed by atoms with Gasteiger partial charge in [-0.15, -0.1) is 0 Å². The van der Waals surface area contributed by atoms with Crippen LogP contribution in [0.3, 0.4) is 0 Å². The van der Waals surface area contributed by atoms with E-state index in [-0.39, 0.29) is 6.10 Å². The SMILES string of the molecule is CCCCCCCC(CCCC)COC(=O)OC(C)C. The van der Waals surface area contributed by atoms with Crippen LogP contribution in [0.4, 0.5) is 4.79 Å². The van der Waals surface area contributed by atoms with E-state index in [0.29, 0.717) is 12.5 Å². The van der Waals surface area contributed by atoms with Crippen LogP contribution in [0, 0.1) is 5.92 Å². The Balaban J connectivity index is 3.85. The molecule has 0 bridgehead atoms. The van der Waals surface area contributed by atoms with Crippen LogP contribution < -0.4 is 0 Å². The van der Waals surface area contributed by atoms with Crippen molar-refractivity contribution < 1.29 is 14.3 Å². The molecule has 0 N–H and O–H groups in total. The molecule has 120 valence electrons. The van der Waals surface area contributed by atoms with E-state index in [4.69, 9.17) is 9.47 Å². The second-order valence-electron chi connectivity index (χ2n) is 5.94. The maximum Gasteiger partial charge on any atom is 0.508 e. The van der Waals surface area contributed by atoms with Crippen molar-refractivity contribution in [3.05, 3.63) is 0 Å². The molecule has 0 aromatic carbocycles. The number of hydrogen-bond donors (Lipinski definition) is 0. The molecule has 0 heterocycles. The van der Waals surface area contributed by atoms with Gasteiger partial charge in [0.2, 0.25) is 0 Å². The highest BCUT2D eigenvalue weighted by Gasteiger charge is 2.13. The van der Waals surface area contributed by atoms with Crippen molar-refractivity contribution in [2.45, 2.75) is 91.6 Å². The molecule has 0 fully saturated rings. The molecule has 1 unspecified atom stereocenters. The van der Waals surface area contributed by atoms with Crippen LogP contribution in [0.15, 0.2) is 0 Å². The van der Waals surface area contributed by atoms with Crippen LogP contribution >= 0.6 is 0 Å². The Hall–Kier alpha value is -0.730. The summed E-state index contributed by atoms with van der Waals surface area (Å²) in [6.07, 6.45) is 10.6. The van der Waals surface area contributed by atoms with Crippen molar-refractivity contribution in [2.75, 3.05) is 6.61 Å². The molecule has 20 heavy (non-hydrogen) atoms. The minimum atomic E-state index is -0.521. The van der Waals surface area contributed by atoms with Crippen molar-refractivity contribution >= 4 is 6.16 Å². The van der Waals surface area contributed by atoms with Crippen molar-refractivity contribution in [1.82, 2.24) is 0 Å². The highest BCUT2D eigenvalue weighted by atomic mass is 16.7. The topological polar surface area (TPSA) is 35.5 Å². The normalized spacial score (nSPS) is 12.4. The lowest BCUT2D eigenvalue weighted by Crippen LogP contribution is -2.18. The zero-order chi connectivity index (χ0) is 15.2. The Bertz CT molecular complexity index is 226. The summed E-state index contributed by atoms with van der Waals surface area (Å²) in [6, 6.07) is 0. The second-order valence-corrected chi connectivity index (χ2v) is 5.94. The summed E-state index contributed by atoms with van der Waals surface area (Å²) < 4.78 is 10.2. The molecule has 0 rings (SSSR count). The third kappa shape index (κ3) is 12.3. The third-order valence-electron chi connectivity index (χ3n) is 3.45. The fourth-order valence-electron chi connectivity index (χ4n) is 2.25. The average Bonchev–Trinajstić information content (AvgIpc) is 2.40. The Morgan fingerprint density at radius 3 is 2.10 bits per heavy atom. The minimum absolute atomic E-state index is 0.106. The summed E-state index contributed by atoms with van der Waals surface area (Å²) in [5.41, 5.74) is 0. The lowest BCUT2D eigenvalue weighted by atomic mass is 9.96. The monoisotopic (exact) mass is 286 g/mol. The van der Waals surface area contributed by atoms with Crippen molar-refractivity contribution in [3.8, 4) is 0 Å². The van der Waals surface area contributed by atoms with Crippen molar-refractivity contribution in [2.24, 2.45) is 5.92 Å². The van der Waals surface area contributed by atoms with E-state index in [0.717, 1.165) is 6.42 Å². The summed E-state index contributed by atoms with van der Waals surface area (Å²) in [6.45, 7) is 8.62. The van der Waals surface area contributed by atoms with Crippen LogP contribution in [0.1, 0.15) is 85.5 Å². The molecule has 0 amide bonds. The molecule has 0 saturated carbocycles. The molecule has 0 aliphatic heterocycles. The zero-order valence-corrected chi connectivity index (χ0v) is 14.0. The van der Waals surface area contributed by atoms with Crippen LogP contribution in [-0.4, -0.2) is 18.9 Å². The van der Waals surface area contributed by atoms with Crippen molar-refractivity contribution in [1.29, 1.82) is 0 Å². The molecule has 3 nitrogen and oxygen atoms in total. The third-order valence-corrected chi connectivity index (χ3v) is 3.45. The molecule has 0 saturated heterocycles. The first kappa shape index (κ1) is 19.3. The molecule has 1 atom stereocenters. The average molecular weight is 286 g/mol. The highest BCUT2D eigenvalue weighted by Crippen LogP contribution is 2.18. The summed E-state index contributed by atoms with van der Waals surface area (Å²) in [4.78, 5) is 11.4. The van der Waals surface area contributed by atoms with Crippen LogP contribution in [0.2, 0.25) is 0 Å². The maximum absolute atomic E-state index is 11.4. The van der Waals surface area contributed by atoms with Gasteiger partial charge in [0.1, 0.15) is 0 Å². The van der Waals surface area contributed by atoms with Crippen molar-refractivity contribution in [3.63, 3.8) is 0 Å². The second kappa shape index (κ2) is 13.3. The largest absolute Gasteiger partial charge is 0.508 e. The summed E-state index contributed by atoms with van der Waals surface area (Å²) >= 11 is 0. The first-order chi connectivity index (χ1) is 9.60. The van der Waals surface area contributed by atoms with E-state index in [2.05, 4.69) is 13.8 Å². The molecule has 0 aliphatic carbocycles. The van der Waals surface area contributed by atoms with Gasteiger partial charge < -0.3 is 9.47 Å². The van der Waals surface area contributed by atoms with Gasteiger partial charge >= 0.3 is 6.16 Å². The van der Waals surface area contributed by atoms with Gasteiger partial charge in [0.15, 0.2) is 0 Å². The number of ether oxygens (including phenoxy) is 2. The van der Waals surface area contributed by atoms with Gasteiger partial charge in [-0.2, -0.15) is 0 Å². The number of hydrogen-bond acceptors (Lipinski definition) is 3. The fourth-order valence-corrected chi connectivity index (χ4v) is 2.25. The summed E-state index contributed by atoms with van der Waals surface area (Å²) in [7, 11) is 0. The quantitative estimate of drug-likeness (QED) is 0.340. The van der Waals surface area contributed by atoms with Gasteiger partial charge in [-0.3, -0.25) is 0 Å². The molecule has 0 radical (unpaired) electrons. The standard InChI is InChI=1S/C17H34O3/c1-5-7-9-10-11-13-16(12-8-6-2)14-19-17(18)20-15(3)4/h15-16H,5-14H2,1-4H3. The van der Waals surface area contributed by atoms with Gasteiger partial charge in [-0.05, 0) is 32.6 Å². The molecule has 0 aliphatic rings. The lowest BCUT2D eigenvalue weighted by Gasteiger charge is -2.17. The Labute approximate surface area is 125 Å². The predicted molar refractivity (Wildman–Crippen MR) is 84.0 cm³/mol. The van der Waals surface area contributed by atoms with Gasteiger partial charge in [0, 0.05) is 0 Å². The Morgan fingerprint density at radius 1 is 0.900 bits per heavy atom. The van der Waals surface area contributed by atoms with Gasteiger partial charge in [-0.25, -0.2) is 4.79 Å². The number of rotatable bonds is 12. The maximum atomic E-state index is 11.4. The van der Waals surface area contributed by atoms with E-state index in [9.17, 15) is 4.79 Å². The lowest BCUT2D eigenvalue weighted by molar-refractivity contribution is 0.0234. The van der Waals surface area contributed by atoms with E-state index in [1.165, 1.54) is 51.4 Å². The Morgan fingerprint density at radius 2 is 1.50 bits per heavy atom. The van der Waals surface area contributed by atoms with Gasteiger partial charge in [0.25, 0.3) is 0 Å². The smallest absolute Gasteiger partial charge is 0.434 e. The van der Waals surface area contributed by atoms with Gasteiger partial charge in [0.05, 0.1) is 12.7 Å². The minimum Gasteiger partial charge on any atom is -0.434 e. The summed E-state index contributed by atoms with van der Waals surface area (Å²) in [5, 5.41) is 0. The number of unbranched alkanes of at least 4 members (excludes halogenated alkanes) is 5. The van der Waals surface area contributed by atoms with Gasteiger partial charge in [-0.1, -0.05) is 58.8 Å². The molecule has 0 aromatic rings. The van der Waals surface area contributed by atoms with E-state index in [1.807, 2.05) is 13.8 Å². The number of carbonyl (C=O) groups is 1. The van der Waals surface area contributed by atoms with Crippen LogP contribution in [0.5, 0.6) is 0 Å².